The molecule has 0 aromatic heterocycles. The van der Waals surface area contributed by atoms with Crippen molar-refractivity contribution in [1.29, 1.82) is 0 Å². The van der Waals surface area contributed by atoms with Gasteiger partial charge in [-0.3, -0.25) is 24.5 Å². The lowest BCUT2D eigenvalue weighted by Gasteiger charge is -2.03. The van der Waals surface area contributed by atoms with Crippen LogP contribution in [0.4, 0.5) is 0 Å². The maximum absolute atomic E-state index is 11.7. The van der Waals surface area contributed by atoms with Crippen LogP contribution in [-0.4, -0.2) is 34.0 Å². The molecule has 0 saturated heterocycles. The number of carboxylic acid groups (broad SMARTS) is 2. The van der Waals surface area contributed by atoms with E-state index >= 15 is 0 Å². The topological polar surface area (TPSA) is 121 Å². The zero-order valence-electron chi connectivity index (χ0n) is 15.3. The van der Waals surface area contributed by atoms with Crippen molar-refractivity contribution in [3.8, 4) is 0 Å². The number of aliphatic carboxylic acids is 2. The van der Waals surface area contributed by atoms with E-state index in [0.29, 0.717) is 30.4 Å². The molecule has 0 atom stereocenters. The molecule has 0 spiro atoms. The van der Waals surface area contributed by atoms with Crippen molar-refractivity contribution in [2.75, 3.05) is 0 Å². The van der Waals surface area contributed by atoms with Crippen LogP contribution in [0, 0.1) is 0 Å². The van der Waals surface area contributed by atoms with E-state index in [1.165, 1.54) is 0 Å². The zero-order valence-corrected chi connectivity index (χ0v) is 15.3. The number of amides is 2. The third kappa shape index (κ3) is 9.86. The Morgan fingerprint density at radius 2 is 0.964 bits per heavy atom. The number of carbonyl (C=O) groups excluding carboxylic acids is 2. The number of hydrogen-bond acceptors (Lipinski definition) is 4. The Bertz CT molecular complexity index is 708. The van der Waals surface area contributed by atoms with Gasteiger partial charge in [-0.15, -0.1) is 0 Å². The van der Waals surface area contributed by atoms with Crippen molar-refractivity contribution in [2.45, 2.75) is 32.1 Å². The van der Waals surface area contributed by atoms with Crippen LogP contribution in [0.15, 0.2) is 60.7 Å². The summed E-state index contributed by atoms with van der Waals surface area (Å²) in [5.74, 6) is -2.42. The van der Waals surface area contributed by atoms with E-state index in [9.17, 15) is 19.2 Å². The normalized spacial score (nSPS) is 9.57. The monoisotopic (exact) mass is 385 g/mol. The molecule has 2 aromatic carbocycles. The molecule has 0 radical (unpaired) electrons. The average molecular weight is 385 g/mol. The van der Waals surface area contributed by atoms with Crippen LogP contribution in [0.25, 0.3) is 0 Å². The van der Waals surface area contributed by atoms with E-state index in [1.807, 2.05) is 12.1 Å². The minimum absolute atomic E-state index is 0.139. The largest absolute Gasteiger partial charge is 0.481 e. The van der Waals surface area contributed by atoms with Crippen molar-refractivity contribution in [2.24, 2.45) is 0 Å². The van der Waals surface area contributed by atoms with Crippen molar-refractivity contribution in [3.63, 3.8) is 0 Å². The molecule has 2 amide bonds. The van der Waals surface area contributed by atoms with Gasteiger partial charge in [-0.2, -0.15) is 0 Å². The average Bonchev–Trinajstić information content (AvgIpc) is 2.69. The SMILES string of the molecule is O=C(NC(=O)c1ccccc1)c1ccccc1.O=C(O)CCCCCC(=O)O. The van der Waals surface area contributed by atoms with Gasteiger partial charge in [0, 0.05) is 24.0 Å². The standard InChI is InChI=1S/C14H11NO2.C7H12O4/c16-13(11-7-3-1-4-8-11)15-14(17)12-9-5-2-6-10-12;8-6(9)4-2-1-3-5-7(10)11/h1-10H,(H,15,16,17);1-5H2,(H,8,9)(H,10,11). The molecule has 0 bridgehead atoms. The highest BCUT2D eigenvalue weighted by atomic mass is 16.4. The summed E-state index contributed by atoms with van der Waals surface area (Å²) in [6.07, 6.45) is 2.10. The van der Waals surface area contributed by atoms with Crippen LogP contribution < -0.4 is 5.32 Å². The van der Waals surface area contributed by atoms with E-state index in [-0.39, 0.29) is 24.7 Å². The molecule has 148 valence electrons. The zero-order chi connectivity index (χ0) is 20.8. The summed E-state index contributed by atoms with van der Waals surface area (Å²) in [5, 5.41) is 18.7. The van der Waals surface area contributed by atoms with E-state index in [4.69, 9.17) is 10.2 Å². The molecular formula is C21H23NO6. The minimum atomic E-state index is -0.819. The highest BCUT2D eigenvalue weighted by molar-refractivity contribution is 6.10. The molecule has 7 heteroatoms. The highest BCUT2D eigenvalue weighted by Gasteiger charge is 2.10. The third-order valence-electron chi connectivity index (χ3n) is 3.58. The Hall–Kier alpha value is -3.48. The van der Waals surface area contributed by atoms with Crippen molar-refractivity contribution in [1.82, 2.24) is 5.32 Å². The van der Waals surface area contributed by atoms with Crippen LogP contribution in [0.5, 0.6) is 0 Å². The van der Waals surface area contributed by atoms with E-state index in [2.05, 4.69) is 5.32 Å². The Morgan fingerprint density at radius 1 is 0.607 bits per heavy atom. The Balaban J connectivity index is 0.000000311. The van der Waals surface area contributed by atoms with E-state index < -0.39 is 11.9 Å². The Labute approximate surface area is 163 Å². The van der Waals surface area contributed by atoms with Crippen LogP contribution in [-0.2, 0) is 9.59 Å². The summed E-state index contributed by atoms with van der Waals surface area (Å²) >= 11 is 0. The molecule has 2 rings (SSSR count). The van der Waals surface area contributed by atoms with Gasteiger partial charge in [-0.05, 0) is 37.1 Å². The second-order valence-corrected chi connectivity index (χ2v) is 5.86. The lowest BCUT2D eigenvalue weighted by Crippen LogP contribution is -2.30. The fourth-order valence-electron chi connectivity index (χ4n) is 2.16. The number of unbranched alkanes of at least 4 members (excludes halogenated alkanes) is 2. The summed E-state index contributed by atoms with van der Waals surface area (Å²) in [7, 11) is 0. The van der Waals surface area contributed by atoms with Gasteiger partial charge in [-0.25, -0.2) is 0 Å². The number of carbonyl (C=O) groups is 4. The molecule has 0 aliphatic carbocycles. The van der Waals surface area contributed by atoms with Gasteiger partial charge >= 0.3 is 11.9 Å². The Kier molecular flexibility index (Phi) is 10.3. The van der Waals surface area contributed by atoms with Gasteiger partial charge in [-0.1, -0.05) is 42.8 Å². The number of rotatable bonds is 8. The van der Waals surface area contributed by atoms with Crippen LogP contribution in [0.1, 0.15) is 52.8 Å². The molecule has 2 aromatic rings. The van der Waals surface area contributed by atoms with Gasteiger partial charge in [0.05, 0.1) is 0 Å². The second-order valence-electron chi connectivity index (χ2n) is 5.86. The molecule has 3 N–H and O–H groups in total. The maximum atomic E-state index is 11.7. The van der Waals surface area contributed by atoms with Gasteiger partial charge in [0.25, 0.3) is 11.8 Å². The molecule has 7 nitrogen and oxygen atoms in total. The molecule has 0 aliphatic rings. The van der Waals surface area contributed by atoms with Crippen molar-refractivity contribution < 1.29 is 29.4 Å². The van der Waals surface area contributed by atoms with Gasteiger partial charge in [0.1, 0.15) is 0 Å². The second kappa shape index (κ2) is 12.8. The van der Waals surface area contributed by atoms with Gasteiger partial charge in [0.15, 0.2) is 0 Å². The Morgan fingerprint density at radius 3 is 1.29 bits per heavy atom. The van der Waals surface area contributed by atoms with Gasteiger partial charge < -0.3 is 10.2 Å². The van der Waals surface area contributed by atoms with Crippen LogP contribution in [0.2, 0.25) is 0 Å². The first kappa shape index (κ1) is 22.6. The van der Waals surface area contributed by atoms with Crippen molar-refractivity contribution >= 4 is 23.8 Å². The van der Waals surface area contributed by atoms with E-state index in [1.54, 1.807) is 48.5 Å². The quantitative estimate of drug-likeness (QED) is 0.473. The molecular weight excluding hydrogens is 362 g/mol. The predicted octanol–water partition coefficient (Wildman–Crippen LogP) is 3.36. The number of carboxylic acids is 2. The number of nitrogens with one attached hydrogen (secondary N) is 1. The first-order chi connectivity index (χ1) is 13.4. The number of imide groups is 1. The smallest absolute Gasteiger partial charge is 0.303 e. The van der Waals surface area contributed by atoms with Crippen LogP contribution >= 0.6 is 0 Å². The summed E-state index contributed by atoms with van der Waals surface area (Å²) in [4.78, 5) is 43.4. The van der Waals surface area contributed by atoms with Crippen molar-refractivity contribution in [3.05, 3.63) is 71.8 Å². The first-order valence-electron chi connectivity index (χ1n) is 8.79. The molecule has 0 heterocycles. The molecule has 0 saturated carbocycles. The maximum Gasteiger partial charge on any atom is 0.303 e. The molecule has 0 fully saturated rings. The summed E-state index contributed by atoms with van der Waals surface area (Å²) in [6, 6.07) is 17.3. The van der Waals surface area contributed by atoms with Crippen LogP contribution in [0.3, 0.4) is 0 Å². The summed E-state index contributed by atoms with van der Waals surface area (Å²) in [5.41, 5.74) is 0.938. The summed E-state index contributed by atoms with van der Waals surface area (Å²) < 4.78 is 0. The third-order valence-corrected chi connectivity index (χ3v) is 3.58. The summed E-state index contributed by atoms with van der Waals surface area (Å²) in [6.45, 7) is 0. The lowest BCUT2D eigenvalue weighted by molar-refractivity contribution is -0.137. The fraction of sp³-hybridized carbons (Fsp3) is 0.238. The molecule has 28 heavy (non-hydrogen) atoms. The lowest BCUT2D eigenvalue weighted by atomic mass is 10.1. The predicted molar refractivity (Wildman–Crippen MR) is 103 cm³/mol. The molecule has 0 unspecified atom stereocenters. The minimum Gasteiger partial charge on any atom is -0.481 e. The van der Waals surface area contributed by atoms with Gasteiger partial charge in [0.2, 0.25) is 0 Å². The fourth-order valence-corrected chi connectivity index (χ4v) is 2.16. The number of hydrogen-bond donors (Lipinski definition) is 3. The van der Waals surface area contributed by atoms with E-state index in [0.717, 1.165) is 0 Å². The highest BCUT2D eigenvalue weighted by Crippen LogP contribution is 2.03. The first-order valence-corrected chi connectivity index (χ1v) is 8.79. The number of benzene rings is 2. The molecule has 0 aliphatic heterocycles.